The third-order valence-electron chi connectivity index (χ3n) is 2.69. The lowest BCUT2D eigenvalue weighted by molar-refractivity contribution is 0.410. The van der Waals surface area contributed by atoms with Crippen LogP contribution in [0.3, 0.4) is 0 Å². The fraction of sp³-hybridized carbons (Fsp3) is 0.600. The van der Waals surface area contributed by atoms with Crippen LogP contribution in [0.4, 0.5) is 5.82 Å². The molecule has 4 heteroatoms. The summed E-state index contributed by atoms with van der Waals surface area (Å²) in [4.78, 5) is 8.20. The predicted molar refractivity (Wildman–Crippen MR) is 55.9 cm³/mol. The average Bonchev–Trinajstić information content (AvgIpc) is 2.23. The monoisotopic (exact) mass is 192 g/mol. The molecule has 1 saturated carbocycles. The van der Waals surface area contributed by atoms with Crippen molar-refractivity contribution < 1.29 is 0 Å². The van der Waals surface area contributed by atoms with E-state index in [0.29, 0.717) is 12.1 Å². The van der Waals surface area contributed by atoms with E-state index in [0.717, 1.165) is 31.5 Å². The van der Waals surface area contributed by atoms with Gasteiger partial charge in [-0.25, -0.2) is 4.98 Å². The van der Waals surface area contributed by atoms with Crippen LogP contribution in [0.1, 0.15) is 25.7 Å². The van der Waals surface area contributed by atoms with Gasteiger partial charge in [0.25, 0.3) is 0 Å². The molecule has 14 heavy (non-hydrogen) atoms. The van der Waals surface area contributed by atoms with Gasteiger partial charge in [0.1, 0.15) is 5.82 Å². The highest BCUT2D eigenvalue weighted by Crippen LogP contribution is 2.19. The van der Waals surface area contributed by atoms with E-state index < -0.39 is 0 Å². The molecule has 0 unspecified atom stereocenters. The Kier molecular flexibility index (Phi) is 2.93. The number of nitrogens with one attached hydrogen (secondary N) is 1. The van der Waals surface area contributed by atoms with Gasteiger partial charge in [0, 0.05) is 24.5 Å². The van der Waals surface area contributed by atoms with Gasteiger partial charge in [-0.15, -0.1) is 0 Å². The predicted octanol–water partition coefficient (Wildman–Crippen LogP) is 1.16. The van der Waals surface area contributed by atoms with Crippen molar-refractivity contribution >= 4 is 5.82 Å². The Morgan fingerprint density at radius 1 is 1.21 bits per heavy atom. The summed E-state index contributed by atoms with van der Waals surface area (Å²) in [7, 11) is 0. The van der Waals surface area contributed by atoms with Gasteiger partial charge >= 0.3 is 0 Å². The van der Waals surface area contributed by atoms with Crippen LogP contribution in [-0.2, 0) is 0 Å². The lowest BCUT2D eigenvalue weighted by Crippen LogP contribution is -2.33. The molecule has 1 heterocycles. The number of aromatic nitrogens is 2. The Morgan fingerprint density at radius 3 is 2.64 bits per heavy atom. The molecule has 1 fully saturated rings. The summed E-state index contributed by atoms with van der Waals surface area (Å²) in [5, 5.41) is 3.37. The lowest BCUT2D eigenvalue weighted by atomic mass is 9.92. The molecule has 2 rings (SSSR count). The number of nitrogens with two attached hydrogens (primary N) is 1. The van der Waals surface area contributed by atoms with Crippen LogP contribution in [0.25, 0.3) is 0 Å². The number of hydrogen-bond acceptors (Lipinski definition) is 4. The van der Waals surface area contributed by atoms with Crippen molar-refractivity contribution in [3.63, 3.8) is 0 Å². The zero-order valence-electron chi connectivity index (χ0n) is 8.19. The lowest BCUT2D eigenvalue weighted by Gasteiger charge is -2.26. The maximum absolute atomic E-state index is 5.83. The summed E-state index contributed by atoms with van der Waals surface area (Å²) in [6.45, 7) is 0. The van der Waals surface area contributed by atoms with Gasteiger partial charge < -0.3 is 11.1 Å². The molecule has 1 aromatic rings. The van der Waals surface area contributed by atoms with E-state index in [-0.39, 0.29) is 0 Å². The second-order valence-corrected chi connectivity index (χ2v) is 3.85. The van der Waals surface area contributed by atoms with Crippen LogP contribution >= 0.6 is 0 Å². The molecule has 3 N–H and O–H groups in total. The third kappa shape index (κ3) is 2.42. The van der Waals surface area contributed by atoms with E-state index in [1.165, 1.54) is 0 Å². The third-order valence-corrected chi connectivity index (χ3v) is 2.69. The largest absolute Gasteiger partial charge is 0.366 e. The zero-order chi connectivity index (χ0) is 9.80. The molecule has 0 aromatic carbocycles. The fourth-order valence-electron chi connectivity index (χ4n) is 1.85. The van der Waals surface area contributed by atoms with Crippen LogP contribution in [0, 0.1) is 0 Å². The van der Waals surface area contributed by atoms with Crippen LogP contribution in [-0.4, -0.2) is 22.1 Å². The van der Waals surface area contributed by atoms with Crippen molar-refractivity contribution in [2.75, 3.05) is 5.32 Å². The number of rotatable bonds is 2. The van der Waals surface area contributed by atoms with E-state index in [9.17, 15) is 0 Å². The van der Waals surface area contributed by atoms with Crippen molar-refractivity contribution in [2.24, 2.45) is 5.73 Å². The molecule has 0 bridgehead atoms. The first-order chi connectivity index (χ1) is 6.84. The van der Waals surface area contributed by atoms with Gasteiger partial charge in [0.05, 0.1) is 6.20 Å². The summed E-state index contributed by atoms with van der Waals surface area (Å²) in [5.41, 5.74) is 5.83. The van der Waals surface area contributed by atoms with Gasteiger partial charge in [-0.3, -0.25) is 4.98 Å². The highest BCUT2D eigenvalue weighted by molar-refractivity contribution is 5.31. The molecule has 0 amide bonds. The standard InChI is InChI=1S/C10H16N4/c11-8-1-3-9(4-2-8)14-10-7-12-5-6-13-10/h5-9H,1-4,11H2,(H,13,14). The number of hydrogen-bond donors (Lipinski definition) is 2. The van der Waals surface area contributed by atoms with E-state index in [1.54, 1.807) is 18.6 Å². The molecule has 0 atom stereocenters. The Morgan fingerprint density at radius 2 is 2.00 bits per heavy atom. The summed E-state index contributed by atoms with van der Waals surface area (Å²) in [5.74, 6) is 0.868. The molecule has 4 nitrogen and oxygen atoms in total. The molecule has 1 aliphatic carbocycles. The molecule has 76 valence electrons. The summed E-state index contributed by atoms with van der Waals surface area (Å²) in [6, 6.07) is 0.918. The van der Waals surface area contributed by atoms with Gasteiger partial charge in [-0.05, 0) is 25.7 Å². The van der Waals surface area contributed by atoms with E-state index >= 15 is 0 Å². The molecule has 0 aliphatic heterocycles. The minimum atomic E-state index is 0.398. The average molecular weight is 192 g/mol. The second kappa shape index (κ2) is 4.37. The maximum Gasteiger partial charge on any atom is 0.144 e. The highest BCUT2D eigenvalue weighted by atomic mass is 15.0. The van der Waals surface area contributed by atoms with Crippen molar-refractivity contribution in [1.29, 1.82) is 0 Å². The molecular weight excluding hydrogens is 176 g/mol. The Bertz CT molecular complexity index is 267. The van der Waals surface area contributed by atoms with Crippen LogP contribution in [0.15, 0.2) is 18.6 Å². The topological polar surface area (TPSA) is 63.8 Å². The summed E-state index contributed by atoms with van der Waals surface area (Å²) >= 11 is 0. The smallest absolute Gasteiger partial charge is 0.144 e. The van der Waals surface area contributed by atoms with Gasteiger partial charge in [0.15, 0.2) is 0 Å². The van der Waals surface area contributed by atoms with E-state index in [2.05, 4.69) is 15.3 Å². The van der Waals surface area contributed by atoms with Crippen LogP contribution < -0.4 is 11.1 Å². The van der Waals surface area contributed by atoms with Crippen molar-refractivity contribution in [2.45, 2.75) is 37.8 Å². The zero-order valence-corrected chi connectivity index (χ0v) is 8.19. The molecule has 0 saturated heterocycles. The summed E-state index contributed by atoms with van der Waals surface area (Å²) < 4.78 is 0. The Labute approximate surface area is 83.9 Å². The minimum Gasteiger partial charge on any atom is -0.366 e. The first-order valence-electron chi connectivity index (χ1n) is 5.13. The SMILES string of the molecule is NC1CCC(Nc2cnccn2)CC1. The van der Waals surface area contributed by atoms with Crippen LogP contribution in [0.5, 0.6) is 0 Å². The van der Waals surface area contributed by atoms with Gasteiger partial charge in [-0.1, -0.05) is 0 Å². The van der Waals surface area contributed by atoms with Gasteiger partial charge in [0.2, 0.25) is 0 Å². The van der Waals surface area contributed by atoms with Crippen molar-refractivity contribution in [3.05, 3.63) is 18.6 Å². The van der Waals surface area contributed by atoms with Crippen molar-refractivity contribution in [1.82, 2.24) is 9.97 Å². The van der Waals surface area contributed by atoms with Gasteiger partial charge in [-0.2, -0.15) is 0 Å². The maximum atomic E-state index is 5.83. The Hall–Kier alpha value is -1.16. The molecular formula is C10H16N4. The quantitative estimate of drug-likeness (QED) is 0.738. The molecule has 1 aromatic heterocycles. The highest BCUT2D eigenvalue weighted by Gasteiger charge is 2.18. The Balaban J connectivity index is 1.87. The first kappa shape index (κ1) is 9.40. The number of anilines is 1. The molecule has 0 radical (unpaired) electrons. The summed E-state index contributed by atoms with van der Waals surface area (Å²) in [6.07, 6.45) is 9.64. The van der Waals surface area contributed by atoms with Crippen LogP contribution in [0.2, 0.25) is 0 Å². The normalized spacial score (nSPS) is 27.2. The second-order valence-electron chi connectivity index (χ2n) is 3.85. The van der Waals surface area contributed by atoms with E-state index in [1.807, 2.05) is 0 Å². The van der Waals surface area contributed by atoms with E-state index in [4.69, 9.17) is 5.73 Å². The fourth-order valence-corrected chi connectivity index (χ4v) is 1.85. The number of nitrogens with zero attached hydrogens (tertiary/aromatic N) is 2. The molecule has 1 aliphatic rings. The first-order valence-corrected chi connectivity index (χ1v) is 5.13. The molecule has 0 spiro atoms. The minimum absolute atomic E-state index is 0.398. The van der Waals surface area contributed by atoms with Crippen molar-refractivity contribution in [3.8, 4) is 0 Å².